The fourth-order valence-corrected chi connectivity index (χ4v) is 5.09. The lowest BCUT2D eigenvalue weighted by Crippen LogP contribution is -2.22. The zero-order valence-electron chi connectivity index (χ0n) is 19.4. The number of carbonyl (C=O) groups is 3. The first-order chi connectivity index (χ1) is 17.5. The Kier molecular flexibility index (Phi) is 9.98. The van der Waals surface area contributed by atoms with E-state index in [0.29, 0.717) is 23.7 Å². The molecule has 0 aliphatic heterocycles. The standard InChI is InChI=1S/C25H20Cl4N2O5S/c1-3-36-16-7-5-4-6-15(16)31-23(32)12(2)37-14-10-8-13(9-11-14)30-24(33)17-18(25(34)35)20(27)22(29)21(28)19(17)26/h4-12H,3H2,1-2H3,(H,30,33)(H,31,32)(H,34,35). The van der Waals surface area contributed by atoms with Crippen LogP contribution in [-0.4, -0.2) is 34.7 Å². The number of hydrogen-bond acceptors (Lipinski definition) is 5. The Bertz CT molecular complexity index is 1350. The molecule has 0 bridgehead atoms. The van der Waals surface area contributed by atoms with E-state index in [9.17, 15) is 19.5 Å². The molecule has 0 heterocycles. The van der Waals surface area contributed by atoms with Crippen molar-refractivity contribution in [3.63, 3.8) is 0 Å². The first kappa shape index (κ1) is 28.9. The monoisotopic (exact) mass is 600 g/mol. The molecular formula is C25H20Cl4N2O5S. The summed E-state index contributed by atoms with van der Waals surface area (Å²) in [6.45, 7) is 4.10. The van der Waals surface area contributed by atoms with Gasteiger partial charge in [-0.15, -0.1) is 11.8 Å². The van der Waals surface area contributed by atoms with Crippen molar-refractivity contribution in [3.8, 4) is 5.75 Å². The number of hydrogen-bond donors (Lipinski definition) is 3. The molecule has 2 amide bonds. The number of para-hydroxylation sites is 2. The molecule has 3 aromatic rings. The van der Waals surface area contributed by atoms with E-state index in [1.165, 1.54) is 11.8 Å². The topological polar surface area (TPSA) is 105 Å². The first-order valence-electron chi connectivity index (χ1n) is 10.7. The van der Waals surface area contributed by atoms with Gasteiger partial charge in [-0.3, -0.25) is 9.59 Å². The van der Waals surface area contributed by atoms with Gasteiger partial charge in [0.25, 0.3) is 5.91 Å². The van der Waals surface area contributed by atoms with E-state index in [1.807, 2.05) is 19.1 Å². The lowest BCUT2D eigenvalue weighted by atomic mass is 10.1. The van der Waals surface area contributed by atoms with Crippen LogP contribution in [0.4, 0.5) is 11.4 Å². The number of amides is 2. The Morgan fingerprint density at radius 1 is 0.892 bits per heavy atom. The number of ether oxygens (including phenoxy) is 1. The van der Waals surface area contributed by atoms with Gasteiger partial charge in [-0.25, -0.2) is 4.79 Å². The van der Waals surface area contributed by atoms with Gasteiger partial charge in [0.1, 0.15) is 5.75 Å². The van der Waals surface area contributed by atoms with Crippen LogP contribution in [0.2, 0.25) is 20.1 Å². The highest BCUT2D eigenvalue weighted by molar-refractivity contribution is 8.00. The largest absolute Gasteiger partial charge is 0.492 e. The zero-order chi connectivity index (χ0) is 27.3. The number of carboxylic acids is 1. The molecular weight excluding hydrogens is 582 g/mol. The minimum Gasteiger partial charge on any atom is -0.492 e. The van der Waals surface area contributed by atoms with E-state index < -0.39 is 33.3 Å². The van der Waals surface area contributed by atoms with Crippen molar-refractivity contribution >= 4 is 87.3 Å². The maximum absolute atomic E-state index is 12.9. The predicted octanol–water partition coefficient (Wildman–Crippen LogP) is 7.77. The third-order valence-corrected chi connectivity index (χ3v) is 7.86. The van der Waals surface area contributed by atoms with Gasteiger partial charge in [0, 0.05) is 10.6 Å². The van der Waals surface area contributed by atoms with Gasteiger partial charge in [-0.1, -0.05) is 58.5 Å². The second-order valence-corrected chi connectivity index (χ2v) is 10.4. The Balaban J connectivity index is 1.71. The Labute approximate surface area is 237 Å². The number of anilines is 2. The summed E-state index contributed by atoms with van der Waals surface area (Å²) in [6, 6.07) is 13.8. The third-order valence-electron chi connectivity index (χ3n) is 4.95. The summed E-state index contributed by atoms with van der Waals surface area (Å²) < 4.78 is 5.54. The molecule has 0 saturated carbocycles. The van der Waals surface area contributed by atoms with Crippen molar-refractivity contribution in [2.45, 2.75) is 24.0 Å². The Morgan fingerprint density at radius 3 is 2.08 bits per heavy atom. The van der Waals surface area contributed by atoms with Crippen LogP contribution in [0.15, 0.2) is 53.4 Å². The first-order valence-corrected chi connectivity index (χ1v) is 13.1. The minimum atomic E-state index is -1.49. The van der Waals surface area contributed by atoms with Gasteiger partial charge in [-0.2, -0.15) is 0 Å². The average molecular weight is 602 g/mol. The highest BCUT2D eigenvalue weighted by Gasteiger charge is 2.29. The van der Waals surface area contributed by atoms with Gasteiger partial charge in [0.2, 0.25) is 5.91 Å². The lowest BCUT2D eigenvalue weighted by molar-refractivity contribution is -0.115. The molecule has 0 fully saturated rings. The summed E-state index contributed by atoms with van der Waals surface area (Å²) in [5.41, 5.74) is -0.0329. The number of thioether (sulfide) groups is 1. The lowest BCUT2D eigenvalue weighted by Gasteiger charge is -2.15. The number of rotatable bonds is 9. The molecule has 0 aromatic heterocycles. The molecule has 0 aliphatic rings. The molecule has 37 heavy (non-hydrogen) atoms. The van der Waals surface area contributed by atoms with Crippen LogP contribution >= 0.6 is 58.2 Å². The normalized spacial score (nSPS) is 11.5. The molecule has 0 spiro atoms. The summed E-state index contributed by atoms with van der Waals surface area (Å²) in [5, 5.41) is 13.3. The van der Waals surface area contributed by atoms with Gasteiger partial charge in [-0.05, 0) is 50.2 Å². The van der Waals surface area contributed by atoms with E-state index in [2.05, 4.69) is 10.6 Å². The van der Waals surface area contributed by atoms with E-state index in [1.54, 1.807) is 43.3 Å². The van der Waals surface area contributed by atoms with E-state index in [-0.39, 0.29) is 21.0 Å². The number of nitrogens with one attached hydrogen (secondary N) is 2. The molecule has 3 rings (SSSR count). The zero-order valence-corrected chi connectivity index (χ0v) is 23.2. The van der Waals surface area contributed by atoms with Crippen molar-refractivity contribution in [2.24, 2.45) is 0 Å². The van der Waals surface area contributed by atoms with Gasteiger partial charge in [0.15, 0.2) is 0 Å². The van der Waals surface area contributed by atoms with Gasteiger partial charge < -0.3 is 20.5 Å². The molecule has 0 saturated heterocycles. The maximum Gasteiger partial charge on any atom is 0.338 e. The quantitative estimate of drug-likeness (QED) is 0.131. The number of benzene rings is 3. The summed E-state index contributed by atoms with van der Waals surface area (Å²) in [7, 11) is 0. The second kappa shape index (κ2) is 12.8. The molecule has 194 valence electrons. The second-order valence-electron chi connectivity index (χ2n) is 7.47. The van der Waals surface area contributed by atoms with Crippen LogP contribution < -0.4 is 15.4 Å². The third kappa shape index (κ3) is 6.83. The molecule has 1 unspecified atom stereocenters. The molecule has 12 heteroatoms. The molecule has 3 N–H and O–H groups in total. The van der Waals surface area contributed by atoms with E-state index >= 15 is 0 Å². The number of aromatic carboxylic acids is 1. The number of carbonyl (C=O) groups excluding carboxylic acids is 2. The van der Waals surface area contributed by atoms with Crippen molar-refractivity contribution in [2.75, 3.05) is 17.2 Å². The predicted molar refractivity (Wildman–Crippen MR) is 149 cm³/mol. The van der Waals surface area contributed by atoms with Crippen LogP contribution in [0, 0.1) is 0 Å². The molecule has 0 radical (unpaired) electrons. The van der Waals surface area contributed by atoms with E-state index in [0.717, 1.165) is 4.90 Å². The fourth-order valence-electron chi connectivity index (χ4n) is 3.20. The maximum atomic E-state index is 12.9. The van der Waals surface area contributed by atoms with Crippen molar-refractivity contribution < 1.29 is 24.2 Å². The summed E-state index contributed by atoms with van der Waals surface area (Å²) in [4.78, 5) is 38.1. The van der Waals surface area contributed by atoms with Crippen LogP contribution in [0.1, 0.15) is 34.6 Å². The molecule has 7 nitrogen and oxygen atoms in total. The smallest absolute Gasteiger partial charge is 0.338 e. The van der Waals surface area contributed by atoms with Crippen LogP contribution in [0.5, 0.6) is 5.75 Å². The summed E-state index contributed by atoms with van der Waals surface area (Å²) in [6.07, 6.45) is 0. The van der Waals surface area contributed by atoms with Crippen LogP contribution in [0.25, 0.3) is 0 Å². The number of carboxylic acid groups (broad SMARTS) is 1. The van der Waals surface area contributed by atoms with E-state index in [4.69, 9.17) is 51.1 Å². The van der Waals surface area contributed by atoms with Crippen LogP contribution in [-0.2, 0) is 4.79 Å². The highest BCUT2D eigenvalue weighted by Crippen LogP contribution is 2.42. The van der Waals surface area contributed by atoms with Crippen molar-refractivity contribution in [3.05, 3.63) is 79.7 Å². The minimum absolute atomic E-state index is 0.207. The fraction of sp³-hybridized carbons (Fsp3) is 0.160. The highest BCUT2D eigenvalue weighted by atomic mass is 35.5. The molecule has 0 aliphatic carbocycles. The number of halogens is 4. The average Bonchev–Trinajstić information content (AvgIpc) is 2.86. The van der Waals surface area contributed by atoms with Gasteiger partial charge >= 0.3 is 5.97 Å². The van der Waals surface area contributed by atoms with Crippen molar-refractivity contribution in [1.82, 2.24) is 0 Å². The molecule has 3 aromatic carbocycles. The van der Waals surface area contributed by atoms with Gasteiger partial charge in [0.05, 0.1) is 48.8 Å². The SMILES string of the molecule is CCOc1ccccc1NC(=O)C(C)Sc1ccc(NC(=O)c2c(Cl)c(Cl)c(Cl)c(Cl)c2C(=O)O)cc1. The Hall–Kier alpha value is -2.62. The van der Waals surface area contributed by atoms with Crippen molar-refractivity contribution in [1.29, 1.82) is 0 Å². The summed E-state index contributed by atoms with van der Waals surface area (Å²) >= 11 is 25.4. The molecule has 1 atom stereocenters. The Morgan fingerprint density at radius 2 is 1.49 bits per heavy atom. The van der Waals surface area contributed by atoms with Crippen LogP contribution in [0.3, 0.4) is 0 Å². The summed E-state index contributed by atoms with van der Waals surface area (Å²) in [5.74, 6) is -1.94.